The van der Waals surface area contributed by atoms with Crippen molar-refractivity contribution in [3.63, 3.8) is 0 Å². The number of fused-ring (bicyclic) bond motifs is 6. The molecule has 0 radical (unpaired) electrons. The van der Waals surface area contributed by atoms with Gasteiger partial charge in [0.05, 0.1) is 5.69 Å². The predicted molar refractivity (Wildman–Crippen MR) is 211 cm³/mol. The molecular weight excluding hydrogens is 619 g/mol. The minimum atomic E-state index is 0.0315. The maximum Gasteiger partial charge on any atom is 0.272 e. The minimum Gasteiger partial charge on any atom is -0.314 e. The highest BCUT2D eigenvalue weighted by Crippen LogP contribution is 2.54. The SMILES string of the molecule is CC(C)(C)c1cccc2c1SC1=C(C2)N(c2ccccc2)c2cccc3c2B1c1sc2c(C(C)(C)C)cccc2c1N3c1ccccc1. The van der Waals surface area contributed by atoms with Gasteiger partial charge in [0.2, 0.25) is 0 Å². The first-order valence-corrected chi connectivity index (χ1v) is 18.7. The smallest absolute Gasteiger partial charge is 0.272 e. The van der Waals surface area contributed by atoms with E-state index in [0.29, 0.717) is 0 Å². The molecule has 3 aliphatic rings. The van der Waals surface area contributed by atoms with Gasteiger partial charge in [0.1, 0.15) is 0 Å². The van der Waals surface area contributed by atoms with Crippen molar-refractivity contribution in [1.82, 2.24) is 0 Å². The number of para-hydroxylation sites is 2. The first-order valence-electron chi connectivity index (χ1n) is 17.0. The molecular formula is C43H39BN2S2. The number of rotatable bonds is 2. The minimum absolute atomic E-state index is 0.0315. The van der Waals surface area contributed by atoms with Crippen molar-refractivity contribution in [3.05, 3.63) is 142 Å². The fraction of sp³-hybridized carbons (Fsp3) is 0.209. The molecule has 0 saturated carbocycles. The standard InChI is InChI=1S/C43H39BN2S2/c1-42(2,3)31-22-13-16-27-26-35-40(47-38(27)31)44-36-33(45(35)28-17-9-7-10-18-28)24-15-25-34(36)46(29-19-11-8-12-20-29)37-30-21-14-23-32(43(4,5)6)39(30)48-41(37)44/h7-25H,26H2,1-6H3. The highest BCUT2D eigenvalue weighted by Gasteiger charge is 2.48. The van der Waals surface area contributed by atoms with Crippen LogP contribution in [0.3, 0.4) is 0 Å². The van der Waals surface area contributed by atoms with E-state index in [0.717, 1.165) is 6.42 Å². The topological polar surface area (TPSA) is 6.48 Å². The van der Waals surface area contributed by atoms with Crippen LogP contribution in [0.2, 0.25) is 0 Å². The van der Waals surface area contributed by atoms with E-state index in [9.17, 15) is 0 Å². The van der Waals surface area contributed by atoms with Gasteiger partial charge in [0, 0.05) is 54.6 Å². The van der Waals surface area contributed by atoms with E-state index in [1.54, 1.807) is 0 Å². The Bertz CT molecular complexity index is 2270. The second kappa shape index (κ2) is 10.7. The number of thioether (sulfide) groups is 1. The second-order valence-corrected chi connectivity index (χ2v) is 17.5. The van der Waals surface area contributed by atoms with Crippen LogP contribution in [0, 0.1) is 0 Å². The normalized spacial score (nSPS) is 15.3. The van der Waals surface area contributed by atoms with Gasteiger partial charge in [-0.15, -0.1) is 23.1 Å². The summed E-state index contributed by atoms with van der Waals surface area (Å²) in [6.45, 7) is 14.3. The van der Waals surface area contributed by atoms with Gasteiger partial charge < -0.3 is 9.80 Å². The van der Waals surface area contributed by atoms with Crippen LogP contribution in [0.15, 0.2) is 131 Å². The Kier molecular flexibility index (Phi) is 6.64. The first kappa shape index (κ1) is 29.9. The van der Waals surface area contributed by atoms with Crippen molar-refractivity contribution in [3.8, 4) is 0 Å². The zero-order valence-electron chi connectivity index (χ0n) is 28.5. The molecule has 5 heteroatoms. The van der Waals surface area contributed by atoms with Crippen LogP contribution in [-0.2, 0) is 17.3 Å². The molecule has 0 spiro atoms. The summed E-state index contributed by atoms with van der Waals surface area (Å²) in [4.78, 5) is 8.06. The van der Waals surface area contributed by atoms with Crippen LogP contribution in [0.25, 0.3) is 10.1 Å². The summed E-state index contributed by atoms with van der Waals surface area (Å²) in [5.74, 6) is 0. The van der Waals surface area contributed by atoms with E-state index < -0.39 is 0 Å². The molecule has 0 aliphatic carbocycles. The van der Waals surface area contributed by atoms with Gasteiger partial charge in [0.25, 0.3) is 6.71 Å². The van der Waals surface area contributed by atoms with Crippen LogP contribution in [-0.4, -0.2) is 6.71 Å². The van der Waals surface area contributed by atoms with Gasteiger partial charge in [-0.05, 0) is 74.2 Å². The van der Waals surface area contributed by atoms with Gasteiger partial charge in [-0.2, -0.15) is 0 Å². The Morgan fingerprint density at radius 2 is 1.19 bits per heavy atom. The largest absolute Gasteiger partial charge is 0.314 e. The quantitative estimate of drug-likeness (QED) is 0.171. The van der Waals surface area contributed by atoms with E-state index in [2.05, 4.69) is 167 Å². The third kappa shape index (κ3) is 4.40. The lowest BCUT2D eigenvalue weighted by Crippen LogP contribution is -2.55. The third-order valence-corrected chi connectivity index (χ3v) is 12.8. The molecule has 0 unspecified atom stereocenters. The molecule has 0 amide bonds. The van der Waals surface area contributed by atoms with Gasteiger partial charge in [0.15, 0.2) is 0 Å². The summed E-state index contributed by atoms with van der Waals surface area (Å²) in [7, 11) is 0. The Morgan fingerprint density at radius 1 is 0.604 bits per heavy atom. The Hall–Kier alpha value is -4.19. The summed E-state index contributed by atoms with van der Waals surface area (Å²) in [6.07, 6.45) is 0.909. The molecule has 2 nitrogen and oxygen atoms in total. The van der Waals surface area contributed by atoms with Gasteiger partial charge in [-0.25, -0.2) is 0 Å². The first-order chi connectivity index (χ1) is 23.1. The van der Waals surface area contributed by atoms with Crippen LogP contribution in [0.5, 0.6) is 0 Å². The maximum atomic E-state index is 2.58. The molecule has 6 aromatic rings. The molecule has 4 heterocycles. The van der Waals surface area contributed by atoms with Gasteiger partial charge >= 0.3 is 0 Å². The summed E-state index contributed by atoms with van der Waals surface area (Å²) < 4.78 is 2.87. The highest BCUT2D eigenvalue weighted by molar-refractivity contribution is 8.05. The number of thiophene rings is 1. The third-order valence-electron chi connectivity index (χ3n) is 10.2. The van der Waals surface area contributed by atoms with E-state index in [-0.39, 0.29) is 17.5 Å². The number of hydrogen-bond acceptors (Lipinski definition) is 4. The highest BCUT2D eigenvalue weighted by atomic mass is 32.2. The zero-order chi connectivity index (χ0) is 32.9. The summed E-state index contributed by atoms with van der Waals surface area (Å²) in [6, 6.07) is 43.0. The van der Waals surface area contributed by atoms with E-state index in [4.69, 9.17) is 0 Å². The van der Waals surface area contributed by atoms with Crippen molar-refractivity contribution < 1.29 is 0 Å². The molecule has 0 bridgehead atoms. The monoisotopic (exact) mass is 658 g/mol. The van der Waals surface area contributed by atoms with Crippen molar-refractivity contribution in [1.29, 1.82) is 0 Å². The van der Waals surface area contributed by atoms with Gasteiger partial charge in [-0.3, -0.25) is 0 Å². The number of allylic oxidation sites excluding steroid dienone is 1. The molecule has 236 valence electrons. The van der Waals surface area contributed by atoms with E-state index in [1.165, 1.54) is 80.8 Å². The van der Waals surface area contributed by atoms with Crippen molar-refractivity contribution in [2.75, 3.05) is 9.80 Å². The molecule has 5 aromatic carbocycles. The molecule has 48 heavy (non-hydrogen) atoms. The molecule has 0 saturated heterocycles. The molecule has 1 aromatic heterocycles. The Balaban J connectivity index is 1.40. The lowest BCUT2D eigenvalue weighted by molar-refractivity contribution is 0.576. The average Bonchev–Trinajstić information content (AvgIpc) is 3.46. The van der Waals surface area contributed by atoms with Crippen molar-refractivity contribution >= 4 is 78.6 Å². The molecule has 9 rings (SSSR count). The van der Waals surface area contributed by atoms with Crippen LogP contribution >= 0.6 is 23.1 Å². The summed E-state index contributed by atoms with van der Waals surface area (Å²) in [5.41, 5.74) is 13.5. The number of hydrogen-bond donors (Lipinski definition) is 0. The summed E-state index contributed by atoms with van der Waals surface area (Å²) >= 11 is 4.06. The van der Waals surface area contributed by atoms with Crippen LogP contribution in [0.1, 0.15) is 58.2 Å². The van der Waals surface area contributed by atoms with Crippen molar-refractivity contribution in [2.45, 2.75) is 63.7 Å². The summed E-state index contributed by atoms with van der Waals surface area (Å²) in [5, 5.41) is 1.35. The Labute approximate surface area is 293 Å². The lowest BCUT2D eigenvalue weighted by Gasteiger charge is -2.45. The van der Waals surface area contributed by atoms with E-state index in [1.807, 2.05) is 23.1 Å². The number of benzene rings is 5. The zero-order valence-corrected chi connectivity index (χ0v) is 30.1. The van der Waals surface area contributed by atoms with E-state index >= 15 is 0 Å². The van der Waals surface area contributed by atoms with Crippen LogP contribution < -0.4 is 20.0 Å². The maximum absolute atomic E-state index is 2.58. The molecule has 0 N–H and O–H groups in total. The predicted octanol–water partition coefficient (Wildman–Crippen LogP) is 11.1. The second-order valence-electron chi connectivity index (χ2n) is 15.4. The number of nitrogens with zero attached hydrogens (tertiary/aromatic N) is 2. The van der Waals surface area contributed by atoms with Gasteiger partial charge in [-0.1, -0.05) is 120 Å². The molecule has 0 atom stereocenters. The Morgan fingerprint density at radius 3 is 1.85 bits per heavy atom. The fourth-order valence-electron chi connectivity index (χ4n) is 8.02. The average molecular weight is 659 g/mol. The molecule has 3 aliphatic heterocycles. The fourth-order valence-corrected chi connectivity index (χ4v) is 11.3. The number of anilines is 5. The van der Waals surface area contributed by atoms with Crippen molar-refractivity contribution in [2.24, 2.45) is 0 Å². The molecule has 0 fully saturated rings. The van der Waals surface area contributed by atoms with Crippen LogP contribution in [0.4, 0.5) is 28.4 Å². The lowest BCUT2D eigenvalue weighted by atomic mass is 9.39.